The molecule has 0 radical (unpaired) electrons. The zero-order valence-corrected chi connectivity index (χ0v) is 11.7. The maximum Gasteiger partial charge on any atom is 0.416 e. The Morgan fingerprint density at radius 1 is 1.27 bits per heavy atom. The van der Waals surface area contributed by atoms with Gasteiger partial charge in [-0.05, 0) is 30.5 Å². The van der Waals surface area contributed by atoms with Crippen LogP contribution in [0.4, 0.5) is 13.2 Å². The van der Waals surface area contributed by atoms with Gasteiger partial charge in [0.1, 0.15) is 6.04 Å². The Morgan fingerprint density at radius 3 is 2.32 bits per heavy atom. The van der Waals surface area contributed by atoms with Crippen LogP contribution in [0.5, 0.6) is 0 Å². The van der Waals surface area contributed by atoms with Crippen LogP contribution in [0.3, 0.4) is 0 Å². The Bertz CT molecular complexity index is 538. The summed E-state index contributed by atoms with van der Waals surface area (Å²) >= 11 is 0. The summed E-state index contributed by atoms with van der Waals surface area (Å²) in [7, 11) is 0. The van der Waals surface area contributed by atoms with Gasteiger partial charge in [0.2, 0.25) is 5.91 Å². The fourth-order valence-corrected chi connectivity index (χ4v) is 1.78. The normalized spacial score (nSPS) is 12.5. The van der Waals surface area contributed by atoms with E-state index in [0.29, 0.717) is 12.0 Å². The largest absolute Gasteiger partial charge is 0.480 e. The van der Waals surface area contributed by atoms with Gasteiger partial charge in [0, 0.05) is 0 Å². The molecule has 4 nitrogen and oxygen atoms in total. The van der Waals surface area contributed by atoms with Gasteiger partial charge >= 0.3 is 12.1 Å². The molecule has 1 amide bonds. The molecule has 0 saturated carbocycles. The van der Waals surface area contributed by atoms with Crippen molar-refractivity contribution in [1.29, 1.82) is 0 Å². The van der Waals surface area contributed by atoms with Crippen LogP contribution in [-0.2, 0) is 22.2 Å². The lowest BCUT2D eigenvalue weighted by atomic mass is 10.1. The molecular formula is C15H16F3NO3. The zero-order valence-electron chi connectivity index (χ0n) is 11.7. The van der Waals surface area contributed by atoms with Gasteiger partial charge in [-0.3, -0.25) is 4.79 Å². The SMILES string of the molecule is C=CCC[C@@H](NC(=O)Cc1ccc(C(F)(F)F)cc1)C(=O)O. The number of carboxylic acids is 1. The third-order valence-corrected chi connectivity index (χ3v) is 2.94. The van der Waals surface area contributed by atoms with Gasteiger partial charge in [-0.25, -0.2) is 4.79 Å². The molecule has 22 heavy (non-hydrogen) atoms. The zero-order chi connectivity index (χ0) is 16.8. The van der Waals surface area contributed by atoms with E-state index >= 15 is 0 Å². The van der Waals surface area contributed by atoms with Crippen molar-refractivity contribution in [3.63, 3.8) is 0 Å². The van der Waals surface area contributed by atoms with E-state index in [-0.39, 0.29) is 12.8 Å². The first kappa shape index (κ1) is 17.7. The lowest BCUT2D eigenvalue weighted by Gasteiger charge is -2.14. The lowest BCUT2D eigenvalue weighted by Crippen LogP contribution is -2.41. The van der Waals surface area contributed by atoms with Crippen molar-refractivity contribution < 1.29 is 27.9 Å². The van der Waals surface area contributed by atoms with E-state index < -0.39 is 29.7 Å². The molecule has 0 fully saturated rings. The Labute approximate surface area is 125 Å². The van der Waals surface area contributed by atoms with E-state index in [1.54, 1.807) is 0 Å². The number of hydrogen-bond donors (Lipinski definition) is 2. The summed E-state index contributed by atoms with van der Waals surface area (Å²) < 4.78 is 37.2. The van der Waals surface area contributed by atoms with E-state index in [9.17, 15) is 22.8 Å². The molecule has 0 aromatic heterocycles. The minimum atomic E-state index is -4.43. The first-order chi connectivity index (χ1) is 10.2. The second-order valence-electron chi connectivity index (χ2n) is 4.70. The molecular weight excluding hydrogens is 299 g/mol. The number of hydrogen-bond acceptors (Lipinski definition) is 2. The third kappa shape index (κ3) is 5.59. The van der Waals surface area contributed by atoms with E-state index in [1.807, 2.05) is 0 Å². The summed E-state index contributed by atoms with van der Waals surface area (Å²) in [5.74, 6) is -1.72. The summed E-state index contributed by atoms with van der Waals surface area (Å²) in [5.41, 5.74) is -0.426. The van der Waals surface area contributed by atoms with Crippen LogP contribution >= 0.6 is 0 Å². The Morgan fingerprint density at radius 2 is 1.86 bits per heavy atom. The standard InChI is InChI=1S/C15H16F3NO3/c1-2-3-4-12(14(21)22)19-13(20)9-10-5-7-11(8-6-10)15(16,17)18/h2,5-8,12H,1,3-4,9H2,(H,19,20)(H,21,22)/t12-/m1/s1. The van der Waals surface area contributed by atoms with Crippen molar-refractivity contribution in [3.8, 4) is 0 Å². The monoisotopic (exact) mass is 315 g/mol. The smallest absolute Gasteiger partial charge is 0.416 e. The van der Waals surface area contributed by atoms with Crippen LogP contribution in [0.15, 0.2) is 36.9 Å². The van der Waals surface area contributed by atoms with Crippen LogP contribution in [0, 0.1) is 0 Å². The number of allylic oxidation sites excluding steroid dienone is 1. The van der Waals surface area contributed by atoms with Gasteiger partial charge in [-0.2, -0.15) is 13.2 Å². The number of amides is 1. The highest BCUT2D eigenvalue weighted by Crippen LogP contribution is 2.29. The maximum atomic E-state index is 12.4. The van der Waals surface area contributed by atoms with Crippen molar-refractivity contribution >= 4 is 11.9 Å². The van der Waals surface area contributed by atoms with Crippen LogP contribution in [0.25, 0.3) is 0 Å². The highest BCUT2D eigenvalue weighted by Gasteiger charge is 2.30. The number of aliphatic carboxylic acids is 1. The van der Waals surface area contributed by atoms with Gasteiger partial charge in [0.25, 0.3) is 0 Å². The van der Waals surface area contributed by atoms with Gasteiger partial charge in [-0.15, -0.1) is 6.58 Å². The highest BCUT2D eigenvalue weighted by atomic mass is 19.4. The predicted octanol–water partition coefficient (Wildman–Crippen LogP) is 2.78. The second-order valence-corrected chi connectivity index (χ2v) is 4.70. The van der Waals surface area contributed by atoms with Gasteiger partial charge in [-0.1, -0.05) is 18.2 Å². The first-order valence-corrected chi connectivity index (χ1v) is 6.53. The van der Waals surface area contributed by atoms with E-state index in [2.05, 4.69) is 11.9 Å². The predicted molar refractivity (Wildman–Crippen MR) is 74.1 cm³/mol. The molecule has 1 aromatic rings. The van der Waals surface area contributed by atoms with Crippen molar-refractivity contribution in [1.82, 2.24) is 5.32 Å². The number of halogens is 3. The minimum Gasteiger partial charge on any atom is -0.480 e. The van der Waals surface area contributed by atoms with Gasteiger partial charge in [0.15, 0.2) is 0 Å². The van der Waals surface area contributed by atoms with Crippen LogP contribution in [0.1, 0.15) is 24.0 Å². The molecule has 120 valence electrons. The number of rotatable bonds is 7. The molecule has 0 aliphatic carbocycles. The molecule has 0 unspecified atom stereocenters. The molecule has 0 aliphatic rings. The number of carboxylic acid groups (broad SMARTS) is 1. The topological polar surface area (TPSA) is 66.4 Å². The average Bonchev–Trinajstić information content (AvgIpc) is 2.42. The number of carbonyl (C=O) groups is 2. The lowest BCUT2D eigenvalue weighted by molar-refractivity contribution is -0.142. The summed E-state index contributed by atoms with van der Waals surface area (Å²) in [6.07, 6.45) is -2.44. The molecule has 0 spiro atoms. The molecule has 1 aromatic carbocycles. The fourth-order valence-electron chi connectivity index (χ4n) is 1.78. The molecule has 0 heterocycles. The summed E-state index contributed by atoms with van der Waals surface area (Å²) in [6, 6.07) is 3.12. The molecule has 2 N–H and O–H groups in total. The first-order valence-electron chi connectivity index (χ1n) is 6.53. The summed E-state index contributed by atoms with van der Waals surface area (Å²) in [4.78, 5) is 22.7. The third-order valence-electron chi connectivity index (χ3n) is 2.94. The summed E-state index contributed by atoms with van der Waals surface area (Å²) in [6.45, 7) is 3.47. The van der Waals surface area contributed by atoms with E-state index in [0.717, 1.165) is 12.1 Å². The van der Waals surface area contributed by atoms with Crippen LogP contribution in [0.2, 0.25) is 0 Å². The minimum absolute atomic E-state index is 0.185. The second kappa shape index (κ2) is 7.63. The van der Waals surface area contributed by atoms with Gasteiger partial charge in [0.05, 0.1) is 12.0 Å². The van der Waals surface area contributed by atoms with E-state index in [4.69, 9.17) is 5.11 Å². The van der Waals surface area contributed by atoms with Crippen molar-refractivity contribution in [2.75, 3.05) is 0 Å². The number of benzene rings is 1. The molecule has 7 heteroatoms. The van der Waals surface area contributed by atoms with Gasteiger partial charge < -0.3 is 10.4 Å². The Kier molecular flexibility index (Phi) is 6.15. The summed E-state index contributed by atoms with van der Waals surface area (Å²) in [5, 5.41) is 11.3. The molecule has 0 aliphatic heterocycles. The van der Waals surface area contributed by atoms with Crippen LogP contribution < -0.4 is 5.32 Å². The molecule has 0 bridgehead atoms. The van der Waals surface area contributed by atoms with Crippen molar-refractivity contribution in [2.24, 2.45) is 0 Å². The molecule has 0 saturated heterocycles. The number of carbonyl (C=O) groups excluding carboxylic acids is 1. The maximum absolute atomic E-state index is 12.4. The molecule has 1 atom stereocenters. The highest BCUT2D eigenvalue weighted by molar-refractivity contribution is 5.84. The Balaban J connectivity index is 2.64. The van der Waals surface area contributed by atoms with Crippen LogP contribution in [-0.4, -0.2) is 23.0 Å². The average molecular weight is 315 g/mol. The molecule has 1 rings (SSSR count). The number of nitrogens with one attached hydrogen (secondary N) is 1. The number of alkyl halides is 3. The van der Waals surface area contributed by atoms with Crippen molar-refractivity contribution in [3.05, 3.63) is 48.0 Å². The quantitative estimate of drug-likeness (QED) is 0.760. The van der Waals surface area contributed by atoms with Crippen molar-refractivity contribution in [2.45, 2.75) is 31.5 Å². The van der Waals surface area contributed by atoms with E-state index in [1.165, 1.54) is 18.2 Å². The Hall–Kier alpha value is -2.31. The fraction of sp³-hybridized carbons (Fsp3) is 0.333.